The summed E-state index contributed by atoms with van der Waals surface area (Å²) in [7, 11) is 1.46. The third kappa shape index (κ3) is 1.46. The summed E-state index contributed by atoms with van der Waals surface area (Å²) in [4.78, 5) is 24.4. The lowest BCUT2D eigenvalue weighted by molar-refractivity contribution is -0.130. The lowest BCUT2D eigenvalue weighted by atomic mass is 9.92. The number of nitrogens with zero attached hydrogens (tertiary/aromatic N) is 1. The van der Waals surface area contributed by atoms with Gasteiger partial charge in [-0.25, -0.2) is 4.79 Å². The molecule has 1 aliphatic heterocycles. The number of urea groups is 1. The van der Waals surface area contributed by atoms with Gasteiger partial charge in [0.05, 0.1) is 0 Å². The molecule has 0 spiro atoms. The highest BCUT2D eigenvalue weighted by Crippen LogP contribution is 2.28. The van der Waals surface area contributed by atoms with Crippen LogP contribution in [0.5, 0.6) is 0 Å². The van der Waals surface area contributed by atoms with Gasteiger partial charge in [-0.1, -0.05) is 23.7 Å². The summed E-state index contributed by atoms with van der Waals surface area (Å²) < 4.78 is 0. The molecular weight excluding hydrogens is 228 g/mol. The number of halogens is 1. The lowest BCUT2D eigenvalue weighted by Crippen LogP contribution is -2.40. The summed E-state index contributed by atoms with van der Waals surface area (Å²) in [5.74, 6) is -0.264. The molecule has 1 aliphatic rings. The van der Waals surface area contributed by atoms with Gasteiger partial charge in [-0.3, -0.25) is 9.69 Å². The van der Waals surface area contributed by atoms with Crippen molar-refractivity contribution in [1.82, 2.24) is 10.2 Å². The average molecular weight is 239 g/mol. The zero-order valence-electron chi connectivity index (χ0n) is 8.95. The van der Waals surface area contributed by atoms with Crippen LogP contribution in [0.15, 0.2) is 24.3 Å². The summed E-state index contributed by atoms with van der Waals surface area (Å²) in [5, 5.41) is 3.25. The SMILES string of the molecule is CN1C(=O)NC(C)(c2ccc(Cl)cc2)C1=O. The second-order valence-electron chi connectivity index (χ2n) is 3.93. The molecule has 0 radical (unpaired) electrons. The van der Waals surface area contributed by atoms with Crippen LogP contribution in [0.1, 0.15) is 12.5 Å². The van der Waals surface area contributed by atoms with Crippen molar-refractivity contribution in [2.24, 2.45) is 0 Å². The van der Waals surface area contributed by atoms with Crippen molar-refractivity contribution in [3.8, 4) is 0 Å². The molecule has 16 heavy (non-hydrogen) atoms. The van der Waals surface area contributed by atoms with Gasteiger partial charge in [-0.15, -0.1) is 0 Å². The van der Waals surface area contributed by atoms with Gasteiger partial charge in [0.2, 0.25) is 0 Å². The molecule has 1 aromatic rings. The topological polar surface area (TPSA) is 49.4 Å². The number of likely N-dealkylation sites (N-methyl/N-ethyl adjacent to an activating group) is 1. The quantitative estimate of drug-likeness (QED) is 0.758. The molecule has 1 unspecified atom stereocenters. The van der Waals surface area contributed by atoms with Gasteiger partial charge in [0.15, 0.2) is 0 Å². The number of hydrogen-bond acceptors (Lipinski definition) is 2. The van der Waals surface area contributed by atoms with Crippen LogP contribution in [0, 0.1) is 0 Å². The van der Waals surface area contributed by atoms with Crippen LogP contribution in [-0.4, -0.2) is 23.9 Å². The molecule has 1 saturated heterocycles. The number of rotatable bonds is 1. The van der Waals surface area contributed by atoms with Crippen molar-refractivity contribution in [1.29, 1.82) is 0 Å². The Bertz CT molecular complexity index is 458. The van der Waals surface area contributed by atoms with Gasteiger partial charge in [0.1, 0.15) is 5.54 Å². The molecule has 1 atom stereocenters. The second kappa shape index (κ2) is 3.49. The number of amides is 3. The van der Waals surface area contributed by atoms with Gasteiger partial charge < -0.3 is 5.32 Å². The van der Waals surface area contributed by atoms with Crippen LogP contribution in [0.4, 0.5) is 4.79 Å². The molecular formula is C11H11ClN2O2. The molecule has 1 fully saturated rings. The summed E-state index contributed by atoms with van der Waals surface area (Å²) >= 11 is 5.77. The standard InChI is InChI=1S/C11H11ClN2O2/c1-11(7-3-5-8(12)6-4-7)9(15)14(2)10(16)13-11/h3-6H,1-2H3,(H,13,16). The molecule has 0 saturated carbocycles. The number of benzene rings is 1. The lowest BCUT2D eigenvalue weighted by Gasteiger charge is -2.21. The maximum absolute atomic E-state index is 11.9. The van der Waals surface area contributed by atoms with Gasteiger partial charge >= 0.3 is 6.03 Å². The predicted octanol–water partition coefficient (Wildman–Crippen LogP) is 1.74. The molecule has 2 rings (SSSR count). The first-order valence-corrected chi connectivity index (χ1v) is 5.19. The van der Waals surface area contributed by atoms with E-state index in [0.29, 0.717) is 5.02 Å². The van der Waals surface area contributed by atoms with Crippen LogP contribution < -0.4 is 5.32 Å². The van der Waals surface area contributed by atoms with E-state index in [1.165, 1.54) is 7.05 Å². The predicted molar refractivity (Wildman–Crippen MR) is 60.1 cm³/mol. The van der Waals surface area contributed by atoms with E-state index in [2.05, 4.69) is 5.32 Å². The average Bonchev–Trinajstić information content (AvgIpc) is 2.45. The van der Waals surface area contributed by atoms with Crippen LogP contribution >= 0.6 is 11.6 Å². The minimum absolute atomic E-state index is 0.264. The van der Waals surface area contributed by atoms with Gasteiger partial charge in [-0.05, 0) is 24.6 Å². The zero-order valence-corrected chi connectivity index (χ0v) is 9.71. The molecule has 1 aromatic carbocycles. The molecule has 0 aliphatic carbocycles. The van der Waals surface area contributed by atoms with E-state index >= 15 is 0 Å². The second-order valence-corrected chi connectivity index (χ2v) is 4.36. The Kier molecular flexibility index (Phi) is 2.39. The van der Waals surface area contributed by atoms with E-state index in [4.69, 9.17) is 11.6 Å². The first kappa shape index (κ1) is 11.0. The summed E-state index contributed by atoms with van der Waals surface area (Å²) in [6, 6.07) is 6.47. The van der Waals surface area contributed by atoms with Crippen molar-refractivity contribution in [2.75, 3.05) is 7.05 Å². The first-order valence-electron chi connectivity index (χ1n) is 4.81. The van der Waals surface area contributed by atoms with E-state index in [9.17, 15) is 9.59 Å². The third-order valence-electron chi connectivity index (χ3n) is 2.82. The number of nitrogens with one attached hydrogen (secondary N) is 1. The minimum Gasteiger partial charge on any atom is -0.319 e. The largest absolute Gasteiger partial charge is 0.325 e. The van der Waals surface area contributed by atoms with Crippen molar-refractivity contribution in [3.63, 3.8) is 0 Å². The van der Waals surface area contributed by atoms with E-state index in [1.807, 2.05) is 0 Å². The fourth-order valence-corrected chi connectivity index (χ4v) is 1.88. The fourth-order valence-electron chi connectivity index (χ4n) is 1.76. The number of carbonyl (C=O) groups excluding carboxylic acids is 2. The highest BCUT2D eigenvalue weighted by atomic mass is 35.5. The van der Waals surface area contributed by atoms with Crippen molar-refractivity contribution in [2.45, 2.75) is 12.5 Å². The number of carbonyl (C=O) groups is 2. The van der Waals surface area contributed by atoms with E-state index in [0.717, 1.165) is 10.5 Å². The van der Waals surface area contributed by atoms with Crippen LogP contribution in [-0.2, 0) is 10.3 Å². The highest BCUT2D eigenvalue weighted by Gasteiger charge is 2.47. The Morgan fingerprint density at radius 3 is 2.25 bits per heavy atom. The third-order valence-corrected chi connectivity index (χ3v) is 3.07. The summed E-state index contributed by atoms with van der Waals surface area (Å²) in [6.45, 7) is 1.68. The molecule has 3 amide bonds. The summed E-state index contributed by atoms with van der Waals surface area (Å²) in [6.07, 6.45) is 0. The van der Waals surface area contributed by atoms with Crippen molar-refractivity contribution < 1.29 is 9.59 Å². The fraction of sp³-hybridized carbons (Fsp3) is 0.273. The molecule has 4 nitrogen and oxygen atoms in total. The molecule has 1 N–H and O–H groups in total. The Balaban J connectivity index is 2.44. The summed E-state index contributed by atoms with van der Waals surface area (Å²) in [5.41, 5.74) is -0.268. The molecule has 5 heteroatoms. The normalized spacial score (nSPS) is 24.8. The van der Waals surface area contributed by atoms with Crippen LogP contribution in [0.25, 0.3) is 0 Å². The zero-order chi connectivity index (χ0) is 11.9. The van der Waals surface area contributed by atoms with E-state index < -0.39 is 5.54 Å². The van der Waals surface area contributed by atoms with Gasteiger partial charge in [0, 0.05) is 12.1 Å². The maximum atomic E-state index is 11.9. The Morgan fingerprint density at radius 2 is 1.81 bits per heavy atom. The Morgan fingerprint density at radius 1 is 1.25 bits per heavy atom. The van der Waals surface area contributed by atoms with E-state index in [-0.39, 0.29) is 11.9 Å². The minimum atomic E-state index is -0.990. The molecule has 1 heterocycles. The maximum Gasteiger partial charge on any atom is 0.325 e. The Labute approximate surface area is 98.2 Å². The van der Waals surface area contributed by atoms with Crippen LogP contribution in [0.3, 0.4) is 0 Å². The smallest absolute Gasteiger partial charge is 0.319 e. The Hall–Kier alpha value is -1.55. The highest BCUT2D eigenvalue weighted by molar-refractivity contribution is 6.30. The number of imide groups is 1. The molecule has 84 valence electrons. The van der Waals surface area contributed by atoms with Crippen LogP contribution in [0.2, 0.25) is 5.02 Å². The van der Waals surface area contributed by atoms with Gasteiger partial charge in [0.25, 0.3) is 5.91 Å². The molecule has 0 aromatic heterocycles. The molecule has 0 bridgehead atoms. The monoisotopic (exact) mass is 238 g/mol. The number of hydrogen-bond donors (Lipinski definition) is 1. The van der Waals surface area contributed by atoms with Gasteiger partial charge in [-0.2, -0.15) is 0 Å². The first-order chi connectivity index (χ1) is 7.45. The van der Waals surface area contributed by atoms with Crippen molar-refractivity contribution in [3.05, 3.63) is 34.9 Å². The van der Waals surface area contributed by atoms with Crippen molar-refractivity contribution >= 4 is 23.5 Å². The van der Waals surface area contributed by atoms with E-state index in [1.54, 1.807) is 31.2 Å².